The van der Waals surface area contributed by atoms with Gasteiger partial charge in [0.05, 0.1) is 6.61 Å². The number of methoxy groups -OCH3 is 1. The van der Waals surface area contributed by atoms with Gasteiger partial charge in [0.2, 0.25) is 0 Å². The van der Waals surface area contributed by atoms with E-state index in [1.165, 1.54) is 0 Å². The molecule has 0 saturated heterocycles. The zero-order chi connectivity index (χ0) is 13.8. The molecule has 0 saturated carbocycles. The molecule has 5 heteroatoms. The molecule has 1 aliphatic heterocycles. The van der Waals surface area contributed by atoms with E-state index in [0.717, 1.165) is 11.1 Å². The molecule has 19 heavy (non-hydrogen) atoms. The number of benzene rings is 1. The van der Waals surface area contributed by atoms with Gasteiger partial charge in [-0.05, 0) is 25.0 Å². The van der Waals surface area contributed by atoms with Crippen LogP contribution in [0.25, 0.3) is 0 Å². The highest BCUT2D eigenvalue weighted by Gasteiger charge is 2.29. The Hall–Kier alpha value is -1.88. The minimum Gasteiger partial charge on any atom is -0.380 e. The average molecular weight is 261 g/mol. The van der Waals surface area contributed by atoms with Gasteiger partial charge in [-0.1, -0.05) is 24.3 Å². The van der Waals surface area contributed by atoms with E-state index in [1.54, 1.807) is 7.11 Å². The quantitative estimate of drug-likeness (QED) is 0.860. The zero-order valence-electron chi connectivity index (χ0n) is 11.4. The van der Waals surface area contributed by atoms with Gasteiger partial charge in [0.15, 0.2) is 12.0 Å². The molecule has 0 bridgehead atoms. The highest BCUT2D eigenvalue weighted by Crippen LogP contribution is 2.25. The van der Waals surface area contributed by atoms with Crippen molar-refractivity contribution in [1.82, 2.24) is 10.6 Å². The lowest BCUT2D eigenvalue weighted by Gasteiger charge is -2.10. The molecule has 1 heterocycles. The molecule has 102 valence electrons. The van der Waals surface area contributed by atoms with Gasteiger partial charge in [0, 0.05) is 13.2 Å². The Bertz CT molecular complexity index is 497. The molecular weight excluding hydrogens is 242 g/mol. The summed E-state index contributed by atoms with van der Waals surface area (Å²) in [4.78, 5) is 16.4. The van der Waals surface area contributed by atoms with Crippen LogP contribution >= 0.6 is 0 Å². The fraction of sp³-hybridized carbons (Fsp3) is 0.429. The summed E-state index contributed by atoms with van der Waals surface area (Å²) in [6.45, 7) is 4.48. The number of ether oxygens (including phenoxy) is 1. The summed E-state index contributed by atoms with van der Waals surface area (Å²) >= 11 is 0. The molecule has 1 amide bonds. The molecule has 1 aromatic rings. The fourth-order valence-corrected chi connectivity index (χ4v) is 2.05. The van der Waals surface area contributed by atoms with Crippen molar-refractivity contribution in [2.45, 2.75) is 32.5 Å². The van der Waals surface area contributed by atoms with Crippen molar-refractivity contribution in [1.29, 1.82) is 0 Å². The molecule has 5 nitrogen and oxygen atoms in total. The lowest BCUT2D eigenvalue weighted by molar-refractivity contribution is -0.120. The maximum atomic E-state index is 12.0. The number of amides is 1. The summed E-state index contributed by atoms with van der Waals surface area (Å²) in [7, 11) is 1.64. The van der Waals surface area contributed by atoms with Crippen molar-refractivity contribution >= 4 is 11.9 Å². The largest absolute Gasteiger partial charge is 0.380 e. The van der Waals surface area contributed by atoms with Gasteiger partial charge in [-0.25, -0.2) is 4.99 Å². The standard InChI is InChI=1S/C14H19N3O2/c1-9(2)15-14-16-12(13(18)17-14)11-7-5-4-6-10(11)8-19-3/h4-7,9,12H,8H2,1-3H3,(H2,15,16,17,18). The zero-order valence-corrected chi connectivity index (χ0v) is 11.4. The van der Waals surface area contributed by atoms with E-state index in [2.05, 4.69) is 15.6 Å². The van der Waals surface area contributed by atoms with Crippen molar-refractivity contribution in [3.63, 3.8) is 0 Å². The van der Waals surface area contributed by atoms with Crippen LogP contribution in [0.2, 0.25) is 0 Å². The minimum atomic E-state index is -0.493. The molecule has 1 unspecified atom stereocenters. The normalized spacial score (nSPS) is 18.4. The van der Waals surface area contributed by atoms with E-state index in [9.17, 15) is 4.79 Å². The highest BCUT2D eigenvalue weighted by molar-refractivity contribution is 6.05. The van der Waals surface area contributed by atoms with Crippen LogP contribution in [0, 0.1) is 0 Å². The van der Waals surface area contributed by atoms with E-state index in [4.69, 9.17) is 4.74 Å². The summed E-state index contributed by atoms with van der Waals surface area (Å²) in [5.41, 5.74) is 1.88. The average Bonchev–Trinajstić information content (AvgIpc) is 2.70. The van der Waals surface area contributed by atoms with Crippen LogP contribution in [-0.4, -0.2) is 25.0 Å². The molecular formula is C14H19N3O2. The number of guanidine groups is 1. The summed E-state index contributed by atoms with van der Waals surface area (Å²) in [6, 6.07) is 7.45. The lowest BCUT2D eigenvalue weighted by atomic mass is 10.0. The third-order valence-electron chi connectivity index (χ3n) is 2.82. The first kappa shape index (κ1) is 13.5. The number of nitrogens with zero attached hydrogens (tertiary/aromatic N) is 1. The SMILES string of the molecule is COCc1ccccc1C1N=C(NC(C)C)NC1=O. The van der Waals surface area contributed by atoms with E-state index in [0.29, 0.717) is 12.6 Å². The first-order valence-corrected chi connectivity index (χ1v) is 6.33. The van der Waals surface area contributed by atoms with Crippen LogP contribution in [0.5, 0.6) is 0 Å². The summed E-state index contributed by atoms with van der Waals surface area (Å²) in [5, 5.41) is 5.87. The van der Waals surface area contributed by atoms with Gasteiger partial charge in [0.1, 0.15) is 0 Å². The predicted molar refractivity (Wildman–Crippen MR) is 73.7 cm³/mol. The lowest BCUT2D eigenvalue weighted by Crippen LogP contribution is -2.40. The van der Waals surface area contributed by atoms with Crippen molar-refractivity contribution < 1.29 is 9.53 Å². The monoisotopic (exact) mass is 261 g/mol. The van der Waals surface area contributed by atoms with Gasteiger partial charge in [0.25, 0.3) is 5.91 Å². The second kappa shape index (κ2) is 5.84. The summed E-state index contributed by atoms with van der Waals surface area (Å²) in [5.74, 6) is 0.434. The van der Waals surface area contributed by atoms with E-state index in [-0.39, 0.29) is 11.9 Å². The van der Waals surface area contributed by atoms with E-state index >= 15 is 0 Å². The Balaban J connectivity index is 2.26. The Kier molecular flexibility index (Phi) is 4.16. The van der Waals surface area contributed by atoms with Crippen LogP contribution in [-0.2, 0) is 16.1 Å². The number of hydrogen-bond donors (Lipinski definition) is 2. The number of hydrogen-bond acceptors (Lipinski definition) is 4. The van der Waals surface area contributed by atoms with Crippen molar-refractivity contribution in [3.05, 3.63) is 35.4 Å². The number of rotatable bonds is 4. The van der Waals surface area contributed by atoms with Crippen molar-refractivity contribution in [2.24, 2.45) is 4.99 Å². The maximum absolute atomic E-state index is 12.0. The minimum absolute atomic E-state index is 0.105. The van der Waals surface area contributed by atoms with Crippen LogP contribution in [0.4, 0.5) is 0 Å². The van der Waals surface area contributed by atoms with Gasteiger partial charge in [-0.15, -0.1) is 0 Å². The fourth-order valence-electron chi connectivity index (χ4n) is 2.05. The number of carbonyl (C=O) groups excluding carboxylic acids is 1. The van der Waals surface area contributed by atoms with Crippen LogP contribution in [0.3, 0.4) is 0 Å². The van der Waals surface area contributed by atoms with Gasteiger partial charge < -0.3 is 10.1 Å². The first-order valence-electron chi connectivity index (χ1n) is 6.33. The van der Waals surface area contributed by atoms with E-state index in [1.807, 2.05) is 38.1 Å². The molecule has 0 aromatic heterocycles. The highest BCUT2D eigenvalue weighted by atomic mass is 16.5. The Morgan fingerprint density at radius 1 is 1.42 bits per heavy atom. The van der Waals surface area contributed by atoms with Gasteiger partial charge in [-0.3, -0.25) is 10.1 Å². The number of aliphatic imine (C=N–C) groups is 1. The summed E-state index contributed by atoms with van der Waals surface area (Å²) in [6.07, 6.45) is 0. The Labute approximate surface area is 113 Å². The molecule has 1 aromatic carbocycles. The van der Waals surface area contributed by atoms with Crippen LogP contribution in [0.1, 0.15) is 31.0 Å². The first-order chi connectivity index (χ1) is 9.11. The molecule has 0 radical (unpaired) electrons. The molecule has 2 rings (SSSR count). The second-order valence-electron chi connectivity index (χ2n) is 4.80. The third-order valence-corrected chi connectivity index (χ3v) is 2.82. The molecule has 0 spiro atoms. The molecule has 0 fully saturated rings. The van der Waals surface area contributed by atoms with Crippen molar-refractivity contribution in [3.8, 4) is 0 Å². The van der Waals surface area contributed by atoms with Crippen molar-refractivity contribution in [2.75, 3.05) is 7.11 Å². The molecule has 1 atom stereocenters. The Morgan fingerprint density at radius 2 is 2.16 bits per heavy atom. The smallest absolute Gasteiger partial charge is 0.256 e. The molecule has 0 aliphatic carbocycles. The predicted octanol–water partition coefficient (Wildman–Crippen LogP) is 1.36. The maximum Gasteiger partial charge on any atom is 0.256 e. The second-order valence-corrected chi connectivity index (χ2v) is 4.80. The van der Waals surface area contributed by atoms with Gasteiger partial charge in [-0.2, -0.15) is 0 Å². The third kappa shape index (κ3) is 3.12. The summed E-state index contributed by atoms with van der Waals surface area (Å²) < 4.78 is 5.16. The number of carbonyl (C=O) groups is 1. The van der Waals surface area contributed by atoms with Gasteiger partial charge >= 0.3 is 0 Å². The topological polar surface area (TPSA) is 62.7 Å². The number of nitrogens with one attached hydrogen (secondary N) is 2. The van der Waals surface area contributed by atoms with E-state index < -0.39 is 6.04 Å². The van der Waals surface area contributed by atoms with Crippen LogP contribution in [0.15, 0.2) is 29.3 Å². The molecule has 2 N–H and O–H groups in total. The Morgan fingerprint density at radius 3 is 2.84 bits per heavy atom. The molecule has 1 aliphatic rings. The van der Waals surface area contributed by atoms with Crippen LogP contribution < -0.4 is 10.6 Å².